The first-order valence-electron chi connectivity index (χ1n) is 5.00. The maximum atomic E-state index is 5.66. The van der Waals surface area contributed by atoms with E-state index in [9.17, 15) is 0 Å². The van der Waals surface area contributed by atoms with Crippen molar-refractivity contribution >= 4 is 0 Å². The van der Waals surface area contributed by atoms with Crippen LogP contribution in [0.5, 0.6) is 0 Å². The van der Waals surface area contributed by atoms with Crippen molar-refractivity contribution in [2.24, 2.45) is 12.8 Å². The second-order valence-electron chi connectivity index (χ2n) is 3.73. The molecule has 0 saturated heterocycles. The number of nitrogens with two attached hydrogens (primary N) is 1. The lowest BCUT2D eigenvalue weighted by Gasteiger charge is -2.00. The molecule has 0 atom stereocenters. The lowest BCUT2D eigenvalue weighted by atomic mass is 10.1. The molecule has 0 saturated carbocycles. The minimum Gasteiger partial charge on any atom is -0.325 e. The summed E-state index contributed by atoms with van der Waals surface area (Å²) in [5.74, 6) is 0. The maximum absolute atomic E-state index is 5.66. The highest BCUT2D eigenvalue weighted by molar-refractivity contribution is 5.65. The predicted octanol–water partition coefficient (Wildman–Crippen LogP) is 1.85. The van der Waals surface area contributed by atoms with Crippen molar-refractivity contribution in [2.75, 3.05) is 0 Å². The monoisotopic (exact) mass is 201 g/mol. The Bertz CT molecular complexity index is 454. The zero-order valence-electron chi connectivity index (χ0n) is 9.07. The molecule has 15 heavy (non-hydrogen) atoms. The van der Waals surface area contributed by atoms with Crippen LogP contribution in [0.25, 0.3) is 11.1 Å². The summed E-state index contributed by atoms with van der Waals surface area (Å²) in [5, 5.41) is 4.32. The molecule has 1 heterocycles. The van der Waals surface area contributed by atoms with Gasteiger partial charge in [0.25, 0.3) is 0 Å². The molecular weight excluding hydrogens is 186 g/mol. The molecule has 2 rings (SSSR count). The summed E-state index contributed by atoms with van der Waals surface area (Å²) in [7, 11) is 1.91. The van der Waals surface area contributed by atoms with Crippen molar-refractivity contribution in [1.82, 2.24) is 9.78 Å². The van der Waals surface area contributed by atoms with Gasteiger partial charge in [-0.1, -0.05) is 29.8 Å². The molecular formula is C12H15N3. The van der Waals surface area contributed by atoms with Crippen LogP contribution in [0.1, 0.15) is 11.3 Å². The summed E-state index contributed by atoms with van der Waals surface area (Å²) < 4.78 is 1.80. The third-order valence-electron chi connectivity index (χ3n) is 2.46. The molecule has 0 fully saturated rings. The molecule has 2 N–H and O–H groups in total. The zero-order valence-corrected chi connectivity index (χ0v) is 9.07. The van der Waals surface area contributed by atoms with Crippen molar-refractivity contribution < 1.29 is 0 Å². The molecule has 0 spiro atoms. The van der Waals surface area contributed by atoms with E-state index < -0.39 is 0 Å². The quantitative estimate of drug-likeness (QED) is 0.806. The van der Waals surface area contributed by atoms with Gasteiger partial charge in [0.2, 0.25) is 0 Å². The summed E-state index contributed by atoms with van der Waals surface area (Å²) in [5.41, 5.74) is 10.2. The van der Waals surface area contributed by atoms with Crippen LogP contribution in [0.4, 0.5) is 0 Å². The van der Waals surface area contributed by atoms with E-state index in [2.05, 4.69) is 36.3 Å². The summed E-state index contributed by atoms with van der Waals surface area (Å²) in [6.45, 7) is 2.56. The second-order valence-corrected chi connectivity index (χ2v) is 3.73. The van der Waals surface area contributed by atoms with E-state index in [1.165, 1.54) is 11.1 Å². The zero-order chi connectivity index (χ0) is 10.8. The first kappa shape index (κ1) is 9.93. The largest absolute Gasteiger partial charge is 0.325 e. The Morgan fingerprint density at radius 3 is 2.53 bits per heavy atom. The highest BCUT2D eigenvalue weighted by Gasteiger charge is 2.07. The van der Waals surface area contributed by atoms with Gasteiger partial charge >= 0.3 is 0 Å². The van der Waals surface area contributed by atoms with Crippen molar-refractivity contribution in [3.8, 4) is 11.1 Å². The van der Waals surface area contributed by atoms with Gasteiger partial charge in [-0.25, -0.2) is 0 Å². The summed E-state index contributed by atoms with van der Waals surface area (Å²) in [6.07, 6.45) is 2.01. The minimum atomic E-state index is 0.476. The summed E-state index contributed by atoms with van der Waals surface area (Å²) >= 11 is 0. The Labute approximate surface area is 89.5 Å². The molecule has 1 aromatic heterocycles. The average Bonchev–Trinajstić information content (AvgIpc) is 2.61. The molecule has 0 aliphatic carbocycles. The molecule has 78 valence electrons. The molecule has 0 radical (unpaired) electrons. The molecule has 0 aliphatic rings. The number of rotatable bonds is 2. The summed E-state index contributed by atoms with van der Waals surface area (Å²) in [4.78, 5) is 0. The summed E-state index contributed by atoms with van der Waals surface area (Å²) in [6, 6.07) is 8.41. The fourth-order valence-electron chi connectivity index (χ4n) is 1.66. The van der Waals surface area contributed by atoms with Gasteiger partial charge in [-0.2, -0.15) is 5.10 Å². The number of nitrogens with zero attached hydrogens (tertiary/aromatic N) is 2. The lowest BCUT2D eigenvalue weighted by molar-refractivity contribution is 0.742. The Balaban J connectivity index is 2.48. The molecule has 0 unspecified atom stereocenters. The highest BCUT2D eigenvalue weighted by Crippen LogP contribution is 2.22. The van der Waals surface area contributed by atoms with Crippen LogP contribution in [0.2, 0.25) is 0 Å². The fourth-order valence-corrected chi connectivity index (χ4v) is 1.66. The first-order valence-corrected chi connectivity index (χ1v) is 5.00. The third-order valence-corrected chi connectivity index (χ3v) is 2.46. The molecule has 0 bridgehead atoms. The Hall–Kier alpha value is -1.61. The predicted molar refractivity (Wildman–Crippen MR) is 61.3 cm³/mol. The minimum absolute atomic E-state index is 0.476. The van der Waals surface area contributed by atoms with Gasteiger partial charge in [-0.15, -0.1) is 0 Å². The molecule has 0 aliphatic heterocycles. The van der Waals surface area contributed by atoms with E-state index in [-0.39, 0.29) is 0 Å². The van der Waals surface area contributed by atoms with E-state index in [1.807, 2.05) is 13.2 Å². The van der Waals surface area contributed by atoms with Gasteiger partial charge < -0.3 is 5.73 Å². The van der Waals surface area contributed by atoms with E-state index in [0.29, 0.717) is 6.54 Å². The van der Waals surface area contributed by atoms with Gasteiger partial charge in [0.1, 0.15) is 0 Å². The van der Waals surface area contributed by atoms with Crippen LogP contribution in [0, 0.1) is 6.92 Å². The maximum Gasteiger partial charge on any atom is 0.0838 e. The smallest absolute Gasteiger partial charge is 0.0838 e. The number of hydrogen-bond acceptors (Lipinski definition) is 2. The fraction of sp³-hybridized carbons (Fsp3) is 0.250. The van der Waals surface area contributed by atoms with E-state index in [0.717, 1.165) is 11.3 Å². The Kier molecular flexibility index (Phi) is 2.56. The van der Waals surface area contributed by atoms with Crippen molar-refractivity contribution in [1.29, 1.82) is 0 Å². The van der Waals surface area contributed by atoms with Crippen molar-refractivity contribution in [3.05, 3.63) is 41.7 Å². The Morgan fingerprint density at radius 1 is 1.27 bits per heavy atom. The van der Waals surface area contributed by atoms with E-state index in [1.54, 1.807) is 4.68 Å². The van der Waals surface area contributed by atoms with Gasteiger partial charge in [-0.3, -0.25) is 4.68 Å². The van der Waals surface area contributed by atoms with Crippen molar-refractivity contribution in [3.63, 3.8) is 0 Å². The van der Waals surface area contributed by atoms with Crippen LogP contribution < -0.4 is 5.73 Å². The number of aromatic nitrogens is 2. The molecule has 1 aromatic carbocycles. The van der Waals surface area contributed by atoms with Crippen LogP contribution in [-0.4, -0.2) is 9.78 Å². The van der Waals surface area contributed by atoms with Crippen LogP contribution in [0.15, 0.2) is 30.5 Å². The molecule has 3 heteroatoms. The first-order chi connectivity index (χ1) is 7.20. The SMILES string of the molecule is Cc1ccc(-c2cn(C)nc2CN)cc1. The number of hydrogen-bond donors (Lipinski definition) is 1. The highest BCUT2D eigenvalue weighted by atomic mass is 15.3. The van der Waals surface area contributed by atoms with E-state index in [4.69, 9.17) is 5.73 Å². The van der Waals surface area contributed by atoms with Crippen LogP contribution in [0.3, 0.4) is 0 Å². The standard InChI is InChI=1S/C12H15N3/c1-9-3-5-10(6-4-9)11-8-15(2)14-12(11)7-13/h3-6,8H,7,13H2,1-2H3. The van der Waals surface area contributed by atoms with Crippen molar-refractivity contribution in [2.45, 2.75) is 13.5 Å². The Morgan fingerprint density at radius 2 is 1.93 bits per heavy atom. The number of benzene rings is 1. The van der Waals surface area contributed by atoms with Gasteiger partial charge in [-0.05, 0) is 12.5 Å². The molecule has 2 aromatic rings. The van der Waals surface area contributed by atoms with Crippen LogP contribution >= 0.6 is 0 Å². The second kappa shape index (κ2) is 3.87. The average molecular weight is 201 g/mol. The lowest BCUT2D eigenvalue weighted by Crippen LogP contribution is -1.99. The van der Waals surface area contributed by atoms with Crippen LogP contribution in [-0.2, 0) is 13.6 Å². The van der Waals surface area contributed by atoms with E-state index >= 15 is 0 Å². The van der Waals surface area contributed by atoms with Gasteiger partial charge in [0.05, 0.1) is 5.69 Å². The number of aryl methyl sites for hydroxylation is 2. The molecule has 0 amide bonds. The molecule has 3 nitrogen and oxygen atoms in total. The van der Waals surface area contributed by atoms with Gasteiger partial charge in [0, 0.05) is 25.4 Å². The topological polar surface area (TPSA) is 43.8 Å². The normalized spacial score (nSPS) is 10.6. The third kappa shape index (κ3) is 1.92. The van der Waals surface area contributed by atoms with Gasteiger partial charge in [0.15, 0.2) is 0 Å².